The fourth-order valence-corrected chi connectivity index (χ4v) is 4.11. The van der Waals surface area contributed by atoms with E-state index < -0.39 is 23.8 Å². The maximum absolute atomic E-state index is 14.8. The molecule has 8 nitrogen and oxygen atoms in total. The highest BCUT2D eigenvalue weighted by atomic mass is 19.1. The molecule has 2 atom stereocenters. The molecular formula is C25H31F2N5O3. The van der Waals surface area contributed by atoms with Gasteiger partial charge in [0.05, 0.1) is 17.9 Å². The van der Waals surface area contributed by atoms with Crippen molar-refractivity contribution in [2.24, 2.45) is 13.0 Å². The Morgan fingerprint density at radius 1 is 1.23 bits per heavy atom. The standard InChI is InChI=1S/C22H28F2N4O2.C3H3NO/c1-13(2)10-21(29)28-9-5-6-18(28)22(30)25-14(3)16-8-7-15(11-17(16)23)19-12-20(24)26-27(19)4;1-2-4-5-3-1/h7-8,11-14,18H,5-6,9-10H2,1-4H3,(H,25,30);1-3H. The molecule has 1 aromatic carbocycles. The van der Waals surface area contributed by atoms with E-state index >= 15 is 0 Å². The number of nitrogens with zero attached hydrogens (tertiary/aromatic N) is 4. The van der Waals surface area contributed by atoms with Crippen LogP contribution in [0.3, 0.4) is 0 Å². The third-order valence-electron chi connectivity index (χ3n) is 5.78. The molecule has 2 unspecified atom stereocenters. The summed E-state index contributed by atoms with van der Waals surface area (Å²) in [7, 11) is 1.58. The molecule has 2 amide bonds. The van der Waals surface area contributed by atoms with Crippen molar-refractivity contribution in [2.45, 2.75) is 52.1 Å². The van der Waals surface area contributed by atoms with Crippen LogP contribution in [0.5, 0.6) is 0 Å². The maximum atomic E-state index is 14.8. The van der Waals surface area contributed by atoms with Crippen LogP contribution in [0, 0.1) is 17.7 Å². The molecule has 188 valence electrons. The molecule has 35 heavy (non-hydrogen) atoms. The van der Waals surface area contributed by atoms with Gasteiger partial charge in [-0.05, 0) is 37.8 Å². The molecule has 3 aromatic rings. The second-order valence-electron chi connectivity index (χ2n) is 8.97. The number of likely N-dealkylation sites (tertiary alicyclic amines) is 1. The van der Waals surface area contributed by atoms with Crippen LogP contribution in [0.2, 0.25) is 0 Å². The quantitative estimate of drug-likeness (QED) is 0.561. The van der Waals surface area contributed by atoms with Gasteiger partial charge in [0.1, 0.15) is 18.1 Å². The zero-order chi connectivity index (χ0) is 25.5. The smallest absolute Gasteiger partial charge is 0.243 e. The number of hydrogen-bond acceptors (Lipinski definition) is 5. The first-order chi connectivity index (χ1) is 16.7. The summed E-state index contributed by atoms with van der Waals surface area (Å²) in [5.74, 6) is -1.20. The van der Waals surface area contributed by atoms with Gasteiger partial charge in [0.15, 0.2) is 0 Å². The third-order valence-corrected chi connectivity index (χ3v) is 5.78. The highest BCUT2D eigenvalue weighted by molar-refractivity contribution is 5.88. The van der Waals surface area contributed by atoms with Crippen molar-refractivity contribution in [3.8, 4) is 11.3 Å². The van der Waals surface area contributed by atoms with E-state index in [0.29, 0.717) is 36.2 Å². The van der Waals surface area contributed by atoms with Crippen molar-refractivity contribution < 1.29 is 22.9 Å². The van der Waals surface area contributed by atoms with Crippen molar-refractivity contribution in [2.75, 3.05) is 6.54 Å². The predicted molar refractivity (Wildman–Crippen MR) is 126 cm³/mol. The number of benzene rings is 1. The topological polar surface area (TPSA) is 93.3 Å². The van der Waals surface area contributed by atoms with E-state index in [9.17, 15) is 18.4 Å². The number of aryl methyl sites for hydroxylation is 1. The highest BCUT2D eigenvalue weighted by Crippen LogP contribution is 2.26. The van der Waals surface area contributed by atoms with E-state index in [4.69, 9.17) is 0 Å². The Morgan fingerprint density at radius 3 is 2.54 bits per heavy atom. The van der Waals surface area contributed by atoms with Gasteiger partial charge in [-0.3, -0.25) is 14.3 Å². The van der Waals surface area contributed by atoms with Gasteiger partial charge in [0.25, 0.3) is 0 Å². The SMILES string of the molecule is CC(C)CC(=O)N1CCCC1C(=O)NC(C)c1ccc(-c2cc(F)nn2C)cc1F.c1cnoc1. The zero-order valence-electron chi connectivity index (χ0n) is 20.4. The molecule has 0 aliphatic carbocycles. The Bertz CT molecular complexity index is 1110. The van der Waals surface area contributed by atoms with Crippen LogP contribution >= 0.6 is 0 Å². The molecular weight excluding hydrogens is 456 g/mol. The lowest BCUT2D eigenvalue weighted by Gasteiger charge is -2.26. The van der Waals surface area contributed by atoms with Gasteiger partial charge in [-0.1, -0.05) is 31.1 Å². The number of carbonyl (C=O) groups excluding carboxylic acids is 2. The minimum Gasteiger partial charge on any atom is -0.365 e. The first-order valence-electron chi connectivity index (χ1n) is 11.6. The normalized spacial score (nSPS) is 16.1. The van der Waals surface area contributed by atoms with Crippen molar-refractivity contribution in [1.82, 2.24) is 25.2 Å². The molecule has 3 heterocycles. The van der Waals surface area contributed by atoms with Crippen LogP contribution in [0.4, 0.5) is 8.78 Å². The minimum absolute atomic E-state index is 0.0192. The molecule has 1 aliphatic heterocycles. The second-order valence-corrected chi connectivity index (χ2v) is 8.97. The first-order valence-corrected chi connectivity index (χ1v) is 11.6. The van der Waals surface area contributed by atoms with Crippen LogP contribution in [0.1, 0.15) is 51.6 Å². The van der Waals surface area contributed by atoms with Crippen LogP contribution in [-0.2, 0) is 16.6 Å². The highest BCUT2D eigenvalue weighted by Gasteiger charge is 2.34. The number of hydrogen-bond donors (Lipinski definition) is 1. The summed E-state index contributed by atoms with van der Waals surface area (Å²) in [6.45, 7) is 6.21. The number of amides is 2. The number of halogens is 2. The Morgan fingerprint density at radius 2 is 2.00 bits per heavy atom. The van der Waals surface area contributed by atoms with Gasteiger partial charge in [-0.15, -0.1) is 5.10 Å². The van der Waals surface area contributed by atoms with Crippen LogP contribution in [0.25, 0.3) is 11.3 Å². The summed E-state index contributed by atoms with van der Waals surface area (Å²) >= 11 is 0. The molecule has 2 aromatic heterocycles. The van der Waals surface area contributed by atoms with Crippen molar-refractivity contribution >= 4 is 11.8 Å². The average molecular weight is 488 g/mol. The van der Waals surface area contributed by atoms with Gasteiger partial charge in [0, 0.05) is 37.2 Å². The van der Waals surface area contributed by atoms with E-state index in [-0.39, 0.29) is 17.7 Å². The van der Waals surface area contributed by atoms with E-state index in [0.717, 1.165) is 6.42 Å². The predicted octanol–water partition coefficient (Wildman–Crippen LogP) is 4.25. The Balaban J connectivity index is 0.000000607. The van der Waals surface area contributed by atoms with Crippen LogP contribution in [-0.4, -0.2) is 44.2 Å². The Kier molecular flexibility index (Phi) is 8.73. The molecule has 1 fully saturated rings. The number of rotatable bonds is 6. The number of nitrogens with one attached hydrogen (secondary N) is 1. The lowest BCUT2D eigenvalue weighted by molar-refractivity contribution is -0.139. The van der Waals surface area contributed by atoms with Crippen molar-refractivity contribution in [1.29, 1.82) is 0 Å². The summed E-state index contributed by atoms with van der Waals surface area (Å²) in [4.78, 5) is 26.9. The summed E-state index contributed by atoms with van der Waals surface area (Å²) < 4.78 is 33.8. The maximum Gasteiger partial charge on any atom is 0.243 e. The average Bonchev–Trinajstić information content (AvgIpc) is 3.56. The van der Waals surface area contributed by atoms with Gasteiger partial charge in [0.2, 0.25) is 17.8 Å². The van der Waals surface area contributed by atoms with E-state index in [1.165, 1.54) is 23.1 Å². The van der Waals surface area contributed by atoms with Gasteiger partial charge in [-0.25, -0.2) is 4.39 Å². The first kappa shape index (κ1) is 26.1. The van der Waals surface area contributed by atoms with Crippen LogP contribution < -0.4 is 5.32 Å². The lowest BCUT2D eigenvalue weighted by Crippen LogP contribution is -2.46. The van der Waals surface area contributed by atoms with Gasteiger partial charge in [-0.2, -0.15) is 4.39 Å². The zero-order valence-corrected chi connectivity index (χ0v) is 20.4. The van der Waals surface area contributed by atoms with E-state index in [2.05, 4.69) is 20.1 Å². The third kappa shape index (κ3) is 6.74. The largest absolute Gasteiger partial charge is 0.365 e. The monoisotopic (exact) mass is 487 g/mol. The van der Waals surface area contributed by atoms with Crippen LogP contribution in [0.15, 0.2) is 47.3 Å². The molecule has 1 aliphatic rings. The molecule has 4 rings (SSSR count). The summed E-state index contributed by atoms with van der Waals surface area (Å²) in [5, 5.41) is 9.82. The number of carbonyl (C=O) groups is 2. The molecule has 0 radical (unpaired) electrons. The summed E-state index contributed by atoms with van der Waals surface area (Å²) in [6.07, 6.45) is 4.89. The van der Waals surface area contributed by atoms with Gasteiger partial charge >= 0.3 is 0 Å². The summed E-state index contributed by atoms with van der Waals surface area (Å²) in [5.41, 5.74) is 1.28. The number of aromatic nitrogens is 3. The Labute approximate surface area is 203 Å². The molecule has 0 spiro atoms. The molecule has 0 bridgehead atoms. The minimum atomic E-state index is -0.634. The molecule has 1 N–H and O–H groups in total. The molecule has 10 heteroatoms. The van der Waals surface area contributed by atoms with Crippen molar-refractivity contribution in [3.05, 3.63) is 60.1 Å². The fourth-order valence-electron chi connectivity index (χ4n) is 4.11. The van der Waals surface area contributed by atoms with Gasteiger partial charge < -0.3 is 14.7 Å². The second kappa shape index (κ2) is 11.7. The van der Waals surface area contributed by atoms with E-state index in [1.807, 2.05) is 13.8 Å². The molecule has 0 saturated carbocycles. The molecule has 1 saturated heterocycles. The van der Waals surface area contributed by atoms with Crippen molar-refractivity contribution in [3.63, 3.8) is 0 Å². The fraction of sp³-hybridized carbons (Fsp3) is 0.440. The lowest BCUT2D eigenvalue weighted by atomic mass is 10.0. The Hall–Kier alpha value is -3.56. The van der Waals surface area contributed by atoms with E-state index in [1.54, 1.807) is 43.3 Å². The summed E-state index contributed by atoms with van der Waals surface area (Å²) in [6, 6.07) is 6.43.